The van der Waals surface area contributed by atoms with Gasteiger partial charge in [-0.05, 0) is 46.4 Å². The lowest BCUT2D eigenvalue weighted by Gasteiger charge is -1.85. The Morgan fingerprint density at radius 3 is 1.82 bits per heavy atom. The van der Waals surface area contributed by atoms with Gasteiger partial charge in [-0.3, -0.25) is 4.98 Å². The van der Waals surface area contributed by atoms with Gasteiger partial charge in [0.25, 0.3) is 0 Å². The van der Waals surface area contributed by atoms with Gasteiger partial charge < -0.3 is 0 Å². The smallest absolute Gasteiger partial charge is 0.280 e. The lowest BCUT2D eigenvalue weighted by atomic mass is 11.0. The molecule has 0 aliphatic heterocycles. The molecule has 0 aliphatic rings. The summed E-state index contributed by atoms with van der Waals surface area (Å²) in [7, 11) is 0. The van der Waals surface area contributed by atoms with Gasteiger partial charge in [-0.25, -0.2) is 14.8 Å². The minimum atomic E-state index is -0.597. The third-order valence-electron chi connectivity index (χ3n) is 1.11. The number of rotatable bonds is 0. The monoisotopic (exact) mass is 314 g/mol. The Kier molecular flexibility index (Phi) is 5.49. The molecule has 0 radical (unpaired) electrons. The molecule has 2 aromatic heterocycles. The van der Waals surface area contributed by atoms with E-state index in [1.54, 1.807) is 0 Å². The van der Waals surface area contributed by atoms with Crippen LogP contribution >= 0.6 is 46.4 Å². The zero-order valence-electron chi connectivity index (χ0n) is 7.73. The van der Waals surface area contributed by atoms with Crippen molar-refractivity contribution in [1.82, 2.24) is 29.9 Å². The Morgan fingerprint density at radius 2 is 1.47 bits per heavy atom. The Hall–Kier alpha value is -1.02. The van der Waals surface area contributed by atoms with Crippen LogP contribution in [0.3, 0.4) is 0 Å². The highest BCUT2D eigenvalue weighted by atomic mass is 35.5. The van der Waals surface area contributed by atoms with Crippen LogP contribution in [0.25, 0.3) is 0 Å². The number of nitrogens with one attached hydrogen (secondary N) is 1. The average Bonchev–Trinajstić information content (AvgIpc) is 2.15. The Labute approximate surface area is 114 Å². The van der Waals surface area contributed by atoms with Gasteiger partial charge in [0, 0.05) is 0 Å². The number of nitrogens with zero attached hydrogens (tertiary/aromatic N) is 5. The molecule has 2 heterocycles. The van der Waals surface area contributed by atoms with Gasteiger partial charge in [0.05, 0.1) is 0 Å². The van der Waals surface area contributed by atoms with Gasteiger partial charge in [-0.2, -0.15) is 15.0 Å². The first-order chi connectivity index (χ1) is 7.97. The summed E-state index contributed by atoms with van der Waals surface area (Å²) in [4.78, 5) is 29.5. The maximum Gasteiger partial charge on any atom is 0.350 e. The lowest BCUT2D eigenvalue weighted by Crippen LogP contribution is -2.11. The van der Waals surface area contributed by atoms with E-state index in [0.717, 1.165) is 0 Å². The predicted octanol–water partition coefficient (Wildman–Crippen LogP) is 1.65. The normalized spacial score (nSPS) is 9.41. The van der Waals surface area contributed by atoms with Crippen molar-refractivity contribution in [2.75, 3.05) is 0 Å². The number of aromatic amines is 1. The van der Waals surface area contributed by atoms with Crippen molar-refractivity contribution in [3.8, 4) is 0 Å². The van der Waals surface area contributed by atoms with Crippen molar-refractivity contribution in [2.24, 2.45) is 0 Å². The lowest BCUT2D eigenvalue weighted by molar-refractivity contribution is 0.986. The molecule has 17 heavy (non-hydrogen) atoms. The summed E-state index contributed by atoms with van der Waals surface area (Å²) in [5, 5.41) is 0.0266. The Morgan fingerprint density at radius 1 is 0.882 bits per heavy atom. The number of halogens is 4. The molecule has 0 saturated carbocycles. The standard InChI is InChI=1S/C3HCl2N3O.C3HCl2N3/c4-1-6-2(5)8-3(9)7-1;4-2-6-1-7-3(5)8-2/h(H,6,7,8,9);1H. The first-order valence-corrected chi connectivity index (χ1v) is 5.28. The highest BCUT2D eigenvalue weighted by Gasteiger charge is 1.94. The predicted molar refractivity (Wildman–Crippen MR) is 62.5 cm³/mol. The fourth-order valence-corrected chi connectivity index (χ4v) is 1.25. The molecule has 0 aromatic carbocycles. The maximum absolute atomic E-state index is 10.3. The van der Waals surface area contributed by atoms with Crippen LogP contribution in [-0.2, 0) is 0 Å². The van der Waals surface area contributed by atoms with Crippen LogP contribution < -0.4 is 5.69 Å². The van der Waals surface area contributed by atoms with E-state index in [9.17, 15) is 4.79 Å². The van der Waals surface area contributed by atoms with Crippen LogP contribution in [0.2, 0.25) is 21.1 Å². The summed E-state index contributed by atoms with van der Waals surface area (Å²) >= 11 is 21.1. The number of H-pyrrole nitrogens is 1. The van der Waals surface area contributed by atoms with E-state index in [4.69, 9.17) is 46.4 Å². The van der Waals surface area contributed by atoms with E-state index in [1.807, 2.05) is 0 Å². The van der Waals surface area contributed by atoms with Crippen molar-refractivity contribution in [3.63, 3.8) is 0 Å². The summed E-state index contributed by atoms with van der Waals surface area (Å²) < 4.78 is 0. The van der Waals surface area contributed by atoms with E-state index in [1.165, 1.54) is 6.33 Å². The molecule has 0 fully saturated rings. The van der Waals surface area contributed by atoms with Gasteiger partial charge in [0.15, 0.2) is 0 Å². The summed E-state index contributed by atoms with van der Waals surface area (Å²) in [6.45, 7) is 0. The quantitative estimate of drug-likeness (QED) is 0.794. The van der Waals surface area contributed by atoms with Gasteiger partial charge in [-0.1, -0.05) is 0 Å². The number of hydrogen-bond donors (Lipinski definition) is 1. The molecule has 90 valence electrons. The molecular formula is C6H2Cl4N6O. The fourth-order valence-electron chi connectivity index (χ4n) is 0.592. The van der Waals surface area contributed by atoms with E-state index in [-0.39, 0.29) is 21.1 Å². The van der Waals surface area contributed by atoms with Crippen molar-refractivity contribution in [1.29, 1.82) is 0 Å². The van der Waals surface area contributed by atoms with Gasteiger partial charge in [-0.15, -0.1) is 0 Å². The van der Waals surface area contributed by atoms with Crippen molar-refractivity contribution < 1.29 is 0 Å². The third-order valence-corrected chi connectivity index (χ3v) is 1.82. The second kappa shape index (κ2) is 6.65. The van der Waals surface area contributed by atoms with E-state index < -0.39 is 5.69 Å². The van der Waals surface area contributed by atoms with Crippen LogP contribution in [0.15, 0.2) is 11.1 Å². The Balaban J connectivity index is 0.000000171. The molecule has 7 nitrogen and oxygen atoms in total. The number of aromatic nitrogens is 6. The number of hydrogen-bond acceptors (Lipinski definition) is 6. The first kappa shape index (κ1) is 14.0. The molecule has 2 rings (SSSR count). The molecule has 1 N–H and O–H groups in total. The van der Waals surface area contributed by atoms with Crippen molar-refractivity contribution in [3.05, 3.63) is 37.9 Å². The highest BCUT2D eigenvalue weighted by Crippen LogP contribution is 2.01. The van der Waals surface area contributed by atoms with Gasteiger partial charge >= 0.3 is 5.69 Å². The second-order valence-corrected chi connectivity index (χ2v) is 3.61. The largest absolute Gasteiger partial charge is 0.350 e. The van der Waals surface area contributed by atoms with E-state index in [2.05, 4.69) is 29.9 Å². The van der Waals surface area contributed by atoms with Crippen LogP contribution in [0.5, 0.6) is 0 Å². The maximum atomic E-state index is 10.3. The third kappa shape index (κ3) is 5.73. The van der Waals surface area contributed by atoms with Crippen LogP contribution in [-0.4, -0.2) is 29.9 Å². The average molecular weight is 316 g/mol. The zero-order valence-corrected chi connectivity index (χ0v) is 10.8. The molecule has 0 atom stereocenters. The topological polar surface area (TPSA) is 97.3 Å². The summed E-state index contributed by atoms with van der Waals surface area (Å²) in [5.41, 5.74) is -0.597. The first-order valence-electron chi connectivity index (χ1n) is 3.77. The summed E-state index contributed by atoms with van der Waals surface area (Å²) in [6.07, 6.45) is 1.25. The van der Waals surface area contributed by atoms with Crippen LogP contribution in [0, 0.1) is 0 Å². The molecule has 0 aliphatic carbocycles. The zero-order chi connectivity index (χ0) is 12.8. The molecule has 0 saturated heterocycles. The van der Waals surface area contributed by atoms with E-state index in [0.29, 0.717) is 0 Å². The molecule has 11 heteroatoms. The van der Waals surface area contributed by atoms with Gasteiger partial charge in [0.1, 0.15) is 6.33 Å². The Bertz CT molecular complexity index is 520. The molecule has 2 aromatic rings. The van der Waals surface area contributed by atoms with Crippen molar-refractivity contribution in [2.45, 2.75) is 0 Å². The SMILES string of the molecule is Clc1ncnc(Cl)n1.O=c1nc(Cl)nc(Cl)[nH]1. The van der Waals surface area contributed by atoms with Gasteiger partial charge in [0.2, 0.25) is 21.1 Å². The minimum Gasteiger partial charge on any atom is -0.280 e. The molecule has 0 amide bonds. The van der Waals surface area contributed by atoms with Crippen molar-refractivity contribution >= 4 is 46.4 Å². The second-order valence-electron chi connectivity index (χ2n) is 2.24. The van der Waals surface area contributed by atoms with Crippen LogP contribution in [0.1, 0.15) is 0 Å². The molecule has 0 unspecified atom stereocenters. The molecule has 0 bridgehead atoms. The summed E-state index contributed by atoms with van der Waals surface area (Å²) in [6, 6.07) is 0. The fraction of sp³-hybridized carbons (Fsp3) is 0. The highest BCUT2D eigenvalue weighted by molar-refractivity contribution is 6.31. The van der Waals surface area contributed by atoms with Crippen LogP contribution in [0.4, 0.5) is 0 Å². The summed E-state index contributed by atoms with van der Waals surface area (Å²) in [5.74, 6) is 0. The minimum absolute atomic E-state index is 0.0556. The van der Waals surface area contributed by atoms with E-state index >= 15 is 0 Å². The molecule has 0 spiro atoms. The molecular weight excluding hydrogens is 314 g/mol.